The van der Waals surface area contributed by atoms with Crippen LogP contribution >= 0.6 is 0 Å². The SMILES string of the molecule is Cc1cccc(C(=O)NC2CCOCC23CC(C(=O)NC(C)C)=NO3)n1. The first-order valence-corrected chi connectivity index (χ1v) is 8.78. The van der Waals surface area contributed by atoms with E-state index >= 15 is 0 Å². The summed E-state index contributed by atoms with van der Waals surface area (Å²) >= 11 is 0. The number of ether oxygens (including phenoxy) is 1. The lowest BCUT2D eigenvalue weighted by molar-refractivity contribution is -0.128. The first-order valence-electron chi connectivity index (χ1n) is 8.78. The van der Waals surface area contributed by atoms with Crippen LogP contribution in [0.25, 0.3) is 0 Å². The lowest BCUT2D eigenvalue weighted by atomic mass is 9.85. The van der Waals surface area contributed by atoms with Crippen molar-refractivity contribution in [2.24, 2.45) is 5.16 Å². The summed E-state index contributed by atoms with van der Waals surface area (Å²) in [6.07, 6.45) is 0.865. The van der Waals surface area contributed by atoms with Crippen LogP contribution in [0.5, 0.6) is 0 Å². The van der Waals surface area contributed by atoms with Crippen LogP contribution in [0.4, 0.5) is 0 Å². The summed E-state index contributed by atoms with van der Waals surface area (Å²) in [4.78, 5) is 34.7. The molecule has 2 aliphatic heterocycles. The smallest absolute Gasteiger partial charge is 0.270 e. The van der Waals surface area contributed by atoms with Gasteiger partial charge in [0.15, 0.2) is 5.60 Å². The minimum atomic E-state index is -0.860. The van der Waals surface area contributed by atoms with Gasteiger partial charge in [0.2, 0.25) is 0 Å². The molecule has 0 radical (unpaired) electrons. The zero-order valence-corrected chi connectivity index (χ0v) is 15.2. The van der Waals surface area contributed by atoms with Crippen LogP contribution in [0.3, 0.4) is 0 Å². The van der Waals surface area contributed by atoms with Gasteiger partial charge in [0.05, 0.1) is 12.6 Å². The molecule has 1 saturated heterocycles. The van der Waals surface area contributed by atoms with Gasteiger partial charge in [0.25, 0.3) is 11.8 Å². The fraction of sp³-hybridized carbons (Fsp3) is 0.556. The molecule has 0 saturated carbocycles. The first-order chi connectivity index (χ1) is 12.4. The fourth-order valence-corrected chi connectivity index (χ4v) is 3.14. The van der Waals surface area contributed by atoms with E-state index in [0.717, 1.165) is 5.69 Å². The molecule has 8 heteroatoms. The number of aromatic nitrogens is 1. The lowest BCUT2D eigenvalue weighted by Crippen LogP contribution is -2.59. The normalized spacial score (nSPS) is 24.9. The number of oxime groups is 1. The third kappa shape index (κ3) is 3.85. The van der Waals surface area contributed by atoms with Gasteiger partial charge in [-0.15, -0.1) is 0 Å². The van der Waals surface area contributed by atoms with E-state index in [0.29, 0.717) is 24.4 Å². The molecule has 1 spiro atoms. The van der Waals surface area contributed by atoms with Gasteiger partial charge >= 0.3 is 0 Å². The second kappa shape index (κ2) is 7.41. The number of nitrogens with zero attached hydrogens (tertiary/aromatic N) is 2. The van der Waals surface area contributed by atoms with E-state index in [1.807, 2.05) is 26.8 Å². The molecule has 8 nitrogen and oxygen atoms in total. The molecule has 0 aromatic carbocycles. The van der Waals surface area contributed by atoms with E-state index < -0.39 is 5.60 Å². The van der Waals surface area contributed by atoms with Crippen molar-refractivity contribution >= 4 is 17.5 Å². The molecule has 1 aromatic rings. The predicted octanol–water partition coefficient (Wildman–Crippen LogP) is 0.948. The van der Waals surface area contributed by atoms with E-state index in [9.17, 15) is 9.59 Å². The summed E-state index contributed by atoms with van der Waals surface area (Å²) in [6, 6.07) is 4.98. The third-order valence-electron chi connectivity index (χ3n) is 4.44. The van der Waals surface area contributed by atoms with Crippen molar-refractivity contribution in [3.8, 4) is 0 Å². The van der Waals surface area contributed by atoms with Gasteiger partial charge in [-0.3, -0.25) is 9.59 Å². The van der Waals surface area contributed by atoms with Gasteiger partial charge in [-0.05, 0) is 39.3 Å². The summed E-state index contributed by atoms with van der Waals surface area (Å²) in [5, 5.41) is 9.76. The van der Waals surface area contributed by atoms with Gasteiger partial charge < -0.3 is 20.2 Å². The number of rotatable bonds is 4. The van der Waals surface area contributed by atoms with Crippen LogP contribution in [0, 0.1) is 6.92 Å². The van der Waals surface area contributed by atoms with E-state index in [1.165, 1.54) is 0 Å². The van der Waals surface area contributed by atoms with Gasteiger partial charge in [-0.1, -0.05) is 11.2 Å². The number of pyridine rings is 1. The molecular formula is C18H24N4O4. The van der Waals surface area contributed by atoms with Gasteiger partial charge in [0, 0.05) is 24.8 Å². The summed E-state index contributed by atoms with van der Waals surface area (Å²) in [5.41, 5.74) is 0.578. The second-order valence-corrected chi connectivity index (χ2v) is 7.03. The number of aryl methyl sites for hydroxylation is 1. The molecule has 2 unspecified atom stereocenters. The minimum absolute atomic E-state index is 0.00671. The molecular weight excluding hydrogens is 336 g/mol. The van der Waals surface area contributed by atoms with Gasteiger partial charge in [0.1, 0.15) is 11.4 Å². The number of hydrogen-bond acceptors (Lipinski definition) is 6. The van der Waals surface area contributed by atoms with Crippen LogP contribution in [0.2, 0.25) is 0 Å². The summed E-state index contributed by atoms with van der Waals surface area (Å²) in [5.74, 6) is -0.531. The van der Waals surface area contributed by atoms with Crippen LogP contribution in [0.15, 0.2) is 23.4 Å². The molecule has 2 atom stereocenters. The maximum Gasteiger partial charge on any atom is 0.270 e. The summed E-state index contributed by atoms with van der Waals surface area (Å²) < 4.78 is 5.56. The van der Waals surface area contributed by atoms with Gasteiger partial charge in [-0.2, -0.15) is 0 Å². The van der Waals surface area contributed by atoms with Crippen molar-refractivity contribution in [1.82, 2.24) is 15.6 Å². The zero-order valence-electron chi connectivity index (χ0n) is 15.2. The minimum Gasteiger partial charge on any atom is -0.384 e. The van der Waals surface area contributed by atoms with Crippen LogP contribution in [-0.2, 0) is 14.4 Å². The van der Waals surface area contributed by atoms with E-state index in [2.05, 4.69) is 20.8 Å². The Morgan fingerprint density at radius 3 is 2.85 bits per heavy atom. The van der Waals surface area contributed by atoms with E-state index in [1.54, 1.807) is 12.1 Å². The number of nitrogens with one attached hydrogen (secondary N) is 2. The molecule has 0 aliphatic carbocycles. The summed E-state index contributed by atoms with van der Waals surface area (Å²) in [6.45, 7) is 6.36. The highest BCUT2D eigenvalue weighted by atomic mass is 16.7. The second-order valence-electron chi connectivity index (χ2n) is 7.03. The van der Waals surface area contributed by atoms with Gasteiger partial charge in [-0.25, -0.2) is 4.98 Å². The average Bonchev–Trinajstić information content (AvgIpc) is 3.01. The highest BCUT2D eigenvalue weighted by Gasteiger charge is 2.50. The molecule has 140 valence electrons. The Kier molecular flexibility index (Phi) is 5.22. The van der Waals surface area contributed by atoms with E-state index in [4.69, 9.17) is 9.57 Å². The standard InChI is InChI=1S/C18H24N4O4/c1-11(2)19-17(24)14-9-18(26-22-14)10-25-8-7-15(18)21-16(23)13-6-4-5-12(3)20-13/h4-6,11,15H,7-10H2,1-3H3,(H,19,24)(H,21,23). The molecule has 2 aliphatic rings. The number of carbonyl (C=O) groups excluding carboxylic acids is 2. The van der Waals surface area contributed by atoms with Crippen LogP contribution in [0.1, 0.15) is 42.9 Å². The average molecular weight is 360 g/mol. The Labute approximate surface area is 152 Å². The Morgan fingerprint density at radius 2 is 2.12 bits per heavy atom. The summed E-state index contributed by atoms with van der Waals surface area (Å²) in [7, 11) is 0. The first kappa shape index (κ1) is 18.3. The third-order valence-corrected chi connectivity index (χ3v) is 4.44. The Morgan fingerprint density at radius 1 is 1.31 bits per heavy atom. The molecule has 3 heterocycles. The predicted molar refractivity (Wildman–Crippen MR) is 94.8 cm³/mol. The molecule has 2 N–H and O–H groups in total. The van der Waals surface area contributed by atoms with Crippen molar-refractivity contribution < 1.29 is 19.2 Å². The van der Waals surface area contributed by atoms with Crippen molar-refractivity contribution in [1.29, 1.82) is 0 Å². The molecule has 26 heavy (non-hydrogen) atoms. The molecule has 0 bridgehead atoms. The number of carbonyl (C=O) groups is 2. The Hall–Kier alpha value is -2.48. The zero-order chi connectivity index (χ0) is 18.7. The lowest BCUT2D eigenvalue weighted by Gasteiger charge is -2.38. The molecule has 2 amide bonds. The van der Waals surface area contributed by atoms with Crippen LogP contribution < -0.4 is 10.6 Å². The van der Waals surface area contributed by atoms with Crippen molar-refractivity contribution in [3.63, 3.8) is 0 Å². The quantitative estimate of drug-likeness (QED) is 0.832. The topological polar surface area (TPSA) is 102 Å². The highest BCUT2D eigenvalue weighted by Crippen LogP contribution is 2.33. The monoisotopic (exact) mass is 360 g/mol. The fourth-order valence-electron chi connectivity index (χ4n) is 3.14. The van der Waals surface area contributed by atoms with Crippen molar-refractivity contribution in [2.45, 2.75) is 51.3 Å². The number of amides is 2. The van der Waals surface area contributed by atoms with Crippen molar-refractivity contribution in [3.05, 3.63) is 29.6 Å². The largest absolute Gasteiger partial charge is 0.384 e. The Bertz CT molecular complexity index is 734. The number of hydrogen-bond donors (Lipinski definition) is 2. The molecule has 1 aromatic heterocycles. The maximum absolute atomic E-state index is 12.6. The molecule has 1 fully saturated rings. The van der Waals surface area contributed by atoms with E-state index in [-0.39, 0.29) is 36.9 Å². The van der Waals surface area contributed by atoms with Crippen molar-refractivity contribution in [2.75, 3.05) is 13.2 Å². The molecule has 3 rings (SSSR count). The Balaban J connectivity index is 1.71. The maximum atomic E-state index is 12.6. The van der Waals surface area contributed by atoms with Crippen LogP contribution in [-0.4, -0.2) is 53.4 Å². The highest BCUT2D eigenvalue weighted by molar-refractivity contribution is 6.39.